The summed E-state index contributed by atoms with van der Waals surface area (Å²) in [5, 5.41) is 7.61. The monoisotopic (exact) mass is 313 g/mol. The molecular weight excluding hydrogens is 286 g/mol. The molecule has 1 spiro atoms. The van der Waals surface area contributed by atoms with E-state index in [1.165, 1.54) is 30.5 Å². The molecule has 4 heteroatoms. The van der Waals surface area contributed by atoms with E-state index in [1.54, 1.807) is 0 Å². The molecule has 0 aliphatic heterocycles. The third kappa shape index (κ3) is 2.34. The summed E-state index contributed by atoms with van der Waals surface area (Å²) in [6.45, 7) is 4.96. The van der Waals surface area contributed by atoms with Crippen molar-refractivity contribution in [1.29, 1.82) is 0 Å². The topological polar surface area (TPSA) is 46.9 Å². The minimum absolute atomic E-state index is 0.184. The molecule has 3 aliphatic rings. The zero-order chi connectivity index (χ0) is 16.2. The van der Waals surface area contributed by atoms with Gasteiger partial charge in [-0.2, -0.15) is 5.10 Å². The molecule has 1 amide bonds. The number of carbonyl (C=O) groups is 1. The zero-order valence-corrected chi connectivity index (χ0v) is 14.4. The number of hydrogen-bond acceptors (Lipinski definition) is 2. The molecule has 4 nitrogen and oxygen atoms in total. The number of hydrogen-bond donors (Lipinski definition) is 1. The first kappa shape index (κ1) is 15.0. The molecule has 2 fully saturated rings. The lowest BCUT2D eigenvalue weighted by atomic mass is 9.89. The highest BCUT2D eigenvalue weighted by Gasteiger charge is 2.62. The van der Waals surface area contributed by atoms with Gasteiger partial charge < -0.3 is 5.32 Å². The standard InChI is InChI=1S/C19H27N3O/c1-12-16(13(2)22(3)21-12)5-7-18(23)20-11-14-10-15-4-6-17(14)19(15)8-9-19/h4,6,14-15,17H,5,7-11H2,1-3H3,(H,20,23)/t14-,15-,17-/m1/s1. The smallest absolute Gasteiger partial charge is 0.220 e. The maximum absolute atomic E-state index is 12.2. The Labute approximate surface area is 138 Å². The zero-order valence-electron chi connectivity index (χ0n) is 14.4. The van der Waals surface area contributed by atoms with Crippen LogP contribution in [0, 0.1) is 37.0 Å². The van der Waals surface area contributed by atoms with Crippen LogP contribution in [0.25, 0.3) is 0 Å². The molecule has 0 aromatic carbocycles. The van der Waals surface area contributed by atoms with E-state index in [1.807, 2.05) is 18.7 Å². The molecule has 4 rings (SSSR count). The number of carbonyl (C=O) groups excluding carboxylic acids is 1. The Hall–Kier alpha value is -1.58. The Kier molecular flexibility index (Phi) is 3.40. The molecule has 3 atom stereocenters. The van der Waals surface area contributed by atoms with E-state index in [0.29, 0.717) is 17.8 Å². The maximum Gasteiger partial charge on any atom is 0.220 e. The summed E-state index contributed by atoms with van der Waals surface area (Å²) in [5.74, 6) is 2.38. The predicted molar refractivity (Wildman–Crippen MR) is 89.9 cm³/mol. The van der Waals surface area contributed by atoms with Crippen LogP contribution in [-0.2, 0) is 18.3 Å². The first-order valence-corrected chi connectivity index (χ1v) is 8.95. The lowest BCUT2D eigenvalue weighted by Gasteiger charge is -2.20. The summed E-state index contributed by atoms with van der Waals surface area (Å²) in [5.41, 5.74) is 4.07. The fourth-order valence-electron chi connectivity index (χ4n) is 5.11. The van der Waals surface area contributed by atoms with Gasteiger partial charge in [0.2, 0.25) is 5.91 Å². The molecule has 1 aromatic heterocycles. The highest BCUT2D eigenvalue weighted by atomic mass is 16.1. The minimum atomic E-state index is 0.184. The van der Waals surface area contributed by atoms with Crippen LogP contribution in [0.5, 0.6) is 0 Å². The number of allylic oxidation sites excluding steroid dienone is 2. The molecule has 1 heterocycles. The average Bonchev–Trinajstić information content (AvgIpc) is 3.12. The lowest BCUT2D eigenvalue weighted by Crippen LogP contribution is -2.31. The van der Waals surface area contributed by atoms with Crippen molar-refractivity contribution in [1.82, 2.24) is 15.1 Å². The Morgan fingerprint density at radius 2 is 2.17 bits per heavy atom. The summed E-state index contributed by atoms with van der Waals surface area (Å²) in [7, 11) is 1.96. The van der Waals surface area contributed by atoms with Gasteiger partial charge in [0.1, 0.15) is 0 Å². The highest BCUT2D eigenvalue weighted by molar-refractivity contribution is 5.76. The Bertz CT molecular complexity index is 668. The van der Waals surface area contributed by atoms with Gasteiger partial charge in [0.15, 0.2) is 0 Å². The molecule has 23 heavy (non-hydrogen) atoms. The molecule has 0 radical (unpaired) electrons. The normalized spacial score (nSPS) is 29.4. The number of amides is 1. The van der Waals surface area contributed by atoms with Crippen molar-refractivity contribution in [3.05, 3.63) is 29.1 Å². The third-order valence-electron chi connectivity index (χ3n) is 6.67. The quantitative estimate of drug-likeness (QED) is 0.850. The minimum Gasteiger partial charge on any atom is -0.356 e. The van der Waals surface area contributed by atoms with Gasteiger partial charge in [-0.05, 0) is 68.3 Å². The predicted octanol–water partition coefficient (Wildman–Crippen LogP) is 2.69. The van der Waals surface area contributed by atoms with E-state index in [-0.39, 0.29) is 5.91 Å². The largest absolute Gasteiger partial charge is 0.356 e. The second-order valence-electron chi connectivity index (χ2n) is 7.82. The summed E-state index contributed by atoms with van der Waals surface area (Å²) >= 11 is 0. The van der Waals surface area contributed by atoms with Crippen LogP contribution in [-0.4, -0.2) is 22.2 Å². The first-order chi connectivity index (χ1) is 11.0. The van der Waals surface area contributed by atoms with Gasteiger partial charge >= 0.3 is 0 Å². The summed E-state index contributed by atoms with van der Waals surface area (Å²) in [6, 6.07) is 0. The molecular formula is C19H27N3O. The Balaban J connectivity index is 1.27. The van der Waals surface area contributed by atoms with Gasteiger partial charge in [-0.1, -0.05) is 12.2 Å². The van der Waals surface area contributed by atoms with E-state index in [2.05, 4.69) is 29.5 Å². The van der Waals surface area contributed by atoms with E-state index < -0.39 is 0 Å². The molecule has 1 N–H and O–H groups in total. The van der Waals surface area contributed by atoms with Crippen LogP contribution in [0.3, 0.4) is 0 Å². The molecule has 124 valence electrons. The highest BCUT2D eigenvalue weighted by Crippen LogP contribution is 2.69. The summed E-state index contributed by atoms with van der Waals surface area (Å²) in [6.07, 6.45) is 10.3. The molecule has 0 saturated heterocycles. The van der Waals surface area contributed by atoms with Gasteiger partial charge in [-0.3, -0.25) is 9.48 Å². The average molecular weight is 313 g/mol. The number of rotatable bonds is 5. The summed E-state index contributed by atoms with van der Waals surface area (Å²) < 4.78 is 1.90. The molecule has 1 aromatic rings. The van der Waals surface area contributed by atoms with Gasteiger partial charge in [-0.15, -0.1) is 0 Å². The molecule has 3 aliphatic carbocycles. The Morgan fingerprint density at radius 1 is 1.39 bits per heavy atom. The SMILES string of the molecule is Cc1nn(C)c(C)c1CCC(=O)NC[C@H]1C[C@H]2C=C[C@H]1C21CC1. The second kappa shape index (κ2) is 5.22. The van der Waals surface area contributed by atoms with Crippen molar-refractivity contribution in [2.75, 3.05) is 6.54 Å². The van der Waals surface area contributed by atoms with Crippen molar-refractivity contribution >= 4 is 5.91 Å². The van der Waals surface area contributed by atoms with Gasteiger partial charge in [0, 0.05) is 25.7 Å². The van der Waals surface area contributed by atoms with Crippen LogP contribution in [0.2, 0.25) is 0 Å². The summed E-state index contributed by atoms with van der Waals surface area (Å²) in [4.78, 5) is 12.2. The number of aromatic nitrogens is 2. The van der Waals surface area contributed by atoms with Crippen LogP contribution in [0.4, 0.5) is 0 Å². The fraction of sp³-hybridized carbons (Fsp3) is 0.684. The van der Waals surface area contributed by atoms with Crippen LogP contribution < -0.4 is 5.32 Å². The van der Waals surface area contributed by atoms with Crippen molar-refractivity contribution < 1.29 is 4.79 Å². The van der Waals surface area contributed by atoms with Crippen molar-refractivity contribution in [3.63, 3.8) is 0 Å². The van der Waals surface area contributed by atoms with Crippen molar-refractivity contribution in [3.8, 4) is 0 Å². The van der Waals surface area contributed by atoms with Gasteiger partial charge in [0.05, 0.1) is 5.69 Å². The van der Waals surface area contributed by atoms with Crippen LogP contribution in [0.15, 0.2) is 12.2 Å². The van der Waals surface area contributed by atoms with Gasteiger partial charge in [-0.25, -0.2) is 0 Å². The van der Waals surface area contributed by atoms with Crippen molar-refractivity contribution in [2.45, 2.75) is 46.0 Å². The van der Waals surface area contributed by atoms with E-state index in [4.69, 9.17) is 0 Å². The lowest BCUT2D eigenvalue weighted by molar-refractivity contribution is -0.121. The van der Waals surface area contributed by atoms with Crippen molar-refractivity contribution in [2.24, 2.45) is 30.2 Å². The number of aryl methyl sites for hydroxylation is 2. The number of nitrogens with one attached hydrogen (secondary N) is 1. The first-order valence-electron chi connectivity index (χ1n) is 8.95. The third-order valence-corrected chi connectivity index (χ3v) is 6.67. The molecule has 2 bridgehead atoms. The van der Waals surface area contributed by atoms with E-state index in [0.717, 1.165) is 30.5 Å². The van der Waals surface area contributed by atoms with Gasteiger partial charge in [0.25, 0.3) is 0 Å². The maximum atomic E-state index is 12.2. The fourth-order valence-corrected chi connectivity index (χ4v) is 5.11. The van der Waals surface area contributed by atoms with Crippen LogP contribution >= 0.6 is 0 Å². The molecule has 2 saturated carbocycles. The van der Waals surface area contributed by atoms with E-state index in [9.17, 15) is 4.79 Å². The van der Waals surface area contributed by atoms with Crippen LogP contribution in [0.1, 0.15) is 42.6 Å². The number of nitrogens with zero attached hydrogens (tertiary/aromatic N) is 2. The Morgan fingerprint density at radius 3 is 2.78 bits per heavy atom. The molecule has 0 unspecified atom stereocenters. The van der Waals surface area contributed by atoms with E-state index >= 15 is 0 Å². The second-order valence-corrected chi connectivity index (χ2v) is 7.82.